The molecule has 2 aromatic rings. The Kier molecular flexibility index (Phi) is 6.74. The average molecular weight is 434 g/mol. The molecular formula is C21H24BrNO4. The summed E-state index contributed by atoms with van der Waals surface area (Å²) in [5.74, 6) is 1.46. The van der Waals surface area contributed by atoms with E-state index in [0.29, 0.717) is 18.7 Å². The van der Waals surface area contributed by atoms with Crippen LogP contribution in [0.5, 0.6) is 11.5 Å². The fourth-order valence-corrected chi connectivity index (χ4v) is 3.49. The van der Waals surface area contributed by atoms with Crippen molar-refractivity contribution in [2.45, 2.75) is 25.5 Å². The highest BCUT2D eigenvalue weighted by molar-refractivity contribution is 9.10. The van der Waals surface area contributed by atoms with Crippen molar-refractivity contribution < 1.29 is 19.0 Å². The number of carbonyl (C=O) groups excluding carboxylic acids is 1. The van der Waals surface area contributed by atoms with E-state index in [2.05, 4.69) is 15.9 Å². The second-order valence-electron chi connectivity index (χ2n) is 6.59. The van der Waals surface area contributed by atoms with Gasteiger partial charge in [-0.05, 0) is 55.3 Å². The molecule has 0 N–H and O–H groups in total. The van der Waals surface area contributed by atoms with Gasteiger partial charge in [-0.2, -0.15) is 0 Å². The van der Waals surface area contributed by atoms with Crippen LogP contribution in [0.3, 0.4) is 0 Å². The Morgan fingerprint density at radius 3 is 2.70 bits per heavy atom. The van der Waals surface area contributed by atoms with Crippen molar-refractivity contribution in [2.24, 2.45) is 0 Å². The van der Waals surface area contributed by atoms with Crippen LogP contribution in [0.4, 0.5) is 0 Å². The zero-order valence-electron chi connectivity index (χ0n) is 15.6. The molecule has 6 heteroatoms. The molecule has 0 aromatic heterocycles. The predicted octanol–water partition coefficient (Wildman–Crippen LogP) is 4.29. The smallest absolute Gasteiger partial charge is 0.253 e. The Labute approximate surface area is 168 Å². The van der Waals surface area contributed by atoms with Gasteiger partial charge in [-0.15, -0.1) is 0 Å². The first-order chi connectivity index (χ1) is 13.1. The van der Waals surface area contributed by atoms with Crippen molar-refractivity contribution in [3.05, 3.63) is 58.1 Å². The molecular weight excluding hydrogens is 410 g/mol. The van der Waals surface area contributed by atoms with Gasteiger partial charge in [-0.25, -0.2) is 0 Å². The molecule has 0 radical (unpaired) electrons. The van der Waals surface area contributed by atoms with Gasteiger partial charge in [0, 0.05) is 35.8 Å². The number of benzene rings is 2. The largest absolute Gasteiger partial charge is 0.496 e. The minimum absolute atomic E-state index is 0.0531. The highest BCUT2D eigenvalue weighted by Gasteiger charge is 2.17. The molecule has 1 amide bonds. The third kappa shape index (κ3) is 5.23. The number of amides is 1. The quantitative estimate of drug-likeness (QED) is 0.653. The van der Waals surface area contributed by atoms with Crippen LogP contribution < -0.4 is 9.47 Å². The van der Waals surface area contributed by atoms with Gasteiger partial charge in [0.2, 0.25) is 0 Å². The molecule has 0 aliphatic carbocycles. The Morgan fingerprint density at radius 1 is 1.26 bits per heavy atom. The van der Waals surface area contributed by atoms with Crippen LogP contribution in [0.25, 0.3) is 0 Å². The number of methoxy groups -OCH3 is 1. The van der Waals surface area contributed by atoms with E-state index in [1.807, 2.05) is 30.3 Å². The first kappa shape index (κ1) is 19.7. The van der Waals surface area contributed by atoms with Gasteiger partial charge in [-0.3, -0.25) is 4.79 Å². The minimum atomic E-state index is -0.0531. The Hall–Kier alpha value is -2.05. The van der Waals surface area contributed by atoms with E-state index >= 15 is 0 Å². The molecule has 1 aliphatic rings. The number of rotatable bonds is 7. The molecule has 1 unspecified atom stereocenters. The number of hydrogen-bond donors (Lipinski definition) is 0. The maximum absolute atomic E-state index is 12.7. The van der Waals surface area contributed by atoms with Gasteiger partial charge >= 0.3 is 0 Å². The molecule has 1 aliphatic heterocycles. The maximum Gasteiger partial charge on any atom is 0.253 e. The molecule has 0 bridgehead atoms. The van der Waals surface area contributed by atoms with Crippen LogP contribution in [0.2, 0.25) is 0 Å². The van der Waals surface area contributed by atoms with Gasteiger partial charge in [0.1, 0.15) is 18.1 Å². The molecule has 0 saturated carbocycles. The lowest BCUT2D eigenvalue weighted by Gasteiger charge is -2.19. The van der Waals surface area contributed by atoms with Crippen LogP contribution in [0.1, 0.15) is 28.8 Å². The summed E-state index contributed by atoms with van der Waals surface area (Å²) < 4.78 is 17.6. The molecule has 1 heterocycles. The molecule has 1 saturated heterocycles. The van der Waals surface area contributed by atoms with E-state index in [1.54, 1.807) is 31.2 Å². The van der Waals surface area contributed by atoms with Gasteiger partial charge < -0.3 is 19.1 Å². The summed E-state index contributed by atoms with van der Waals surface area (Å²) >= 11 is 3.46. The van der Waals surface area contributed by atoms with E-state index in [9.17, 15) is 4.79 Å². The van der Waals surface area contributed by atoms with Gasteiger partial charge in [0.05, 0.1) is 13.2 Å². The van der Waals surface area contributed by atoms with Crippen molar-refractivity contribution in [1.29, 1.82) is 0 Å². The van der Waals surface area contributed by atoms with Crippen LogP contribution in [-0.2, 0) is 11.3 Å². The molecule has 5 nitrogen and oxygen atoms in total. The fraction of sp³-hybridized carbons (Fsp3) is 0.381. The predicted molar refractivity (Wildman–Crippen MR) is 107 cm³/mol. The number of nitrogens with zero attached hydrogens (tertiary/aromatic N) is 1. The van der Waals surface area contributed by atoms with Crippen LogP contribution in [0, 0.1) is 0 Å². The third-order valence-electron chi connectivity index (χ3n) is 4.56. The summed E-state index contributed by atoms with van der Waals surface area (Å²) in [6.45, 7) is 1.82. The summed E-state index contributed by atoms with van der Waals surface area (Å²) in [7, 11) is 3.41. The van der Waals surface area contributed by atoms with Crippen molar-refractivity contribution in [1.82, 2.24) is 4.90 Å². The van der Waals surface area contributed by atoms with E-state index in [0.717, 1.165) is 41.0 Å². The highest BCUT2D eigenvalue weighted by Crippen LogP contribution is 2.25. The summed E-state index contributed by atoms with van der Waals surface area (Å²) in [5.41, 5.74) is 1.56. The second-order valence-corrected chi connectivity index (χ2v) is 7.50. The number of halogens is 1. The van der Waals surface area contributed by atoms with Gasteiger partial charge in [0.25, 0.3) is 5.91 Å². The first-order valence-electron chi connectivity index (χ1n) is 8.99. The standard InChI is InChI=1S/C21H24BrNO4/c1-23(13-16-12-17(22)7-10-20(16)25-2)21(24)15-5-8-18(9-6-15)27-14-19-4-3-11-26-19/h5-10,12,19H,3-4,11,13-14H2,1-2H3. The Morgan fingerprint density at radius 2 is 2.04 bits per heavy atom. The number of hydrogen-bond acceptors (Lipinski definition) is 4. The Balaban J connectivity index is 1.60. The summed E-state index contributed by atoms with van der Waals surface area (Å²) in [6, 6.07) is 13.0. The summed E-state index contributed by atoms with van der Waals surface area (Å²) in [5, 5.41) is 0. The van der Waals surface area contributed by atoms with Crippen molar-refractivity contribution in [3.8, 4) is 11.5 Å². The molecule has 27 heavy (non-hydrogen) atoms. The van der Waals surface area contributed by atoms with Gasteiger partial charge in [0.15, 0.2) is 0 Å². The van der Waals surface area contributed by atoms with Crippen LogP contribution in [-0.4, -0.2) is 44.3 Å². The lowest BCUT2D eigenvalue weighted by molar-refractivity contribution is 0.0679. The lowest BCUT2D eigenvalue weighted by Crippen LogP contribution is -2.26. The Bertz CT molecular complexity index is 772. The third-order valence-corrected chi connectivity index (χ3v) is 5.05. The lowest BCUT2D eigenvalue weighted by atomic mass is 10.1. The highest BCUT2D eigenvalue weighted by atomic mass is 79.9. The van der Waals surface area contributed by atoms with Crippen LogP contribution >= 0.6 is 15.9 Å². The normalized spacial score (nSPS) is 16.2. The second kappa shape index (κ2) is 9.24. The minimum Gasteiger partial charge on any atom is -0.496 e. The first-order valence-corrected chi connectivity index (χ1v) is 9.78. The summed E-state index contributed by atoms with van der Waals surface area (Å²) in [6.07, 6.45) is 2.31. The maximum atomic E-state index is 12.7. The van der Waals surface area contributed by atoms with E-state index < -0.39 is 0 Å². The topological polar surface area (TPSA) is 48.0 Å². The molecule has 0 spiro atoms. The molecule has 3 rings (SSSR count). The van der Waals surface area contributed by atoms with E-state index in [1.165, 1.54) is 0 Å². The van der Waals surface area contributed by atoms with Crippen molar-refractivity contribution in [3.63, 3.8) is 0 Å². The number of ether oxygens (including phenoxy) is 3. The van der Waals surface area contributed by atoms with E-state index in [4.69, 9.17) is 14.2 Å². The average Bonchev–Trinajstić information content (AvgIpc) is 3.20. The molecule has 144 valence electrons. The monoisotopic (exact) mass is 433 g/mol. The van der Waals surface area contributed by atoms with E-state index in [-0.39, 0.29) is 12.0 Å². The molecule has 1 fully saturated rings. The number of carbonyl (C=O) groups is 1. The van der Waals surface area contributed by atoms with Gasteiger partial charge in [-0.1, -0.05) is 15.9 Å². The molecule has 1 atom stereocenters. The summed E-state index contributed by atoms with van der Waals surface area (Å²) in [4.78, 5) is 14.4. The SMILES string of the molecule is COc1ccc(Br)cc1CN(C)C(=O)c1ccc(OCC2CCCO2)cc1. The van der Waals surface area contributed by atoms with Crippen LogP contribution in [0.15, 0.2) is 46.9 Å². The zero-order chi connectivity index (χ0) is 19.2. The fourth-order valence-electron chi connectivity index (χ4n) is 3.08. The zero-order valence-corrected chi connectivity index (χ0v) is 17.2. The van der Waals surface area contributed by atoms with Crippen molar-refractivity contribution in [2.75, 3.05) is 27.4 Å². The van der Waals surface area contributed by atoms with Crippen molar-refractivity contribution >= 4 is 21.8 Å². The molecule has 2 aromatic carbocycles.